The largest absolute Gasteiger partial charge is 0.507 e. The van der Waals surface area contributed by atoms with E-state index in [0.29, 0.717) is 22.6 Å². The van der Waals surface area contributed by atoms with Crippen molar-refractivity contribution in [3.63, 3.8) is 0 Å². The first kappa shape index (κ1) is 25.6. The van der Waals surface area contributed by atoms with E-state index in [-0.39, 0.29) is 27.9 Å². The van der Waals surface area contributed by atoms with Gasteiger partial charge in [-0.05, 0) is 59.3 Å². The first-order chi connectivity index (χ1) is 17.3. The lowest BCUT2D eigenvalue weighted by atomic mass is 9.95. The Balaban J connectivity index is 1.88. The number of hydrogen-bond donors (Lipinski definition) is 1. The fourth-order valence-corrected chi connectivity index (χ4v) is 5.14. The standard InChI is InChI=1S/C26H21IN2O6S/c1-4-12-35-25(33)23-14(2)28-26(36-23)29-20(15-8-10-17(27)11-9-15)19(22(31)24(29)32)21(30)16-6-5-7-18(13-16)34-3/h4-11,13,20,30H,1,12H2,2-3H3. The third kappa shape index (κ3) is 4.78. The molecule has 10 heteroatoms. The normalized spacial score (nSPS) is 16.8. The smallest absolute Gasteiger partial charge is 0.350 e. The number of methoxy groups -OCH3 is 1. The Labute approximate surface area is 225 Å². The van der Waals surface area contributed by atoms with Crippen LogP contribution in [0.15, 0.2) is 66.8 Å². The van der Waals surface area contributed by atoms with Gasteiger partial charge in [-0.25, -0.2) is 9.78 Å². The van der Waals surface area contributed by atoms with Crippen LogP contribution in [0.4, 0.5) is 5.13 Å². The number of carbonyl (C=O) groups is 3. The molecule has 1 aromatic heterocycles. The number of rotatable bonds is 7. The van der Waals surface area contributed by atoms with Crippen molar-refractivity contribution in [2.45, 2.75) is 13.0 Å². The van der Waals surface area contributed by atoms with E-state index in [2.05, 4.69) is 34.2 Å². The quantitative estimate of drug-likeness (QED) is 0.0992. The lowest BCUT2D eigenvalue weighted by Gasteiger charge is -2.23. The van der Waals surface area contributed by atoms with Crippen LogP contribution in [0, 0.1) is 10.5 Å². The molecule has 1 fully saturated rings. The molecule has 36 heavy (non-hydrogen) atoms. The number of aliphatic hydroxyl groups excluding tert-OH is 1. The molecule has 0 bridgehead atoms. The number of thiazole rings is 1. The summed E-state index contributed by atoms with van der Waals surface area (Å²) in [6.07, 6.45) is 1.45. The number of esters is 1. The number of hydrogen-bond acceptors (Lipinski definition) is 8. The van der Waals surface area contributed by atoms with Crippen molar-refractivity contribution in [1.82, 2.24) is 4.98 Å². The van der Waals surface area contributed by atoms with Gasteiger partial charge in [-0.15, -0.1) is 0 Å². The zero-order chi connectivity index (χ0) is 26.0. The maximum absolute atomic E-state index is 13.3. The Hall–Kier alpha value is -3.51. The summed E-state index contributed by atoms with van der Waals surface area (Å²) in [5.41, 5.74) is 1.20. The van der Waals surface area contributed by atoms with Crippen molar-refractivity contribution in [3.05, 3.63) is 92.0 Å². The van der Waals surface area contributed by atoms with E-state index < -0.39 is 23.7 Å². The minimum absolute atomic E-state index is 0.0270. The molecule has 1 N–H and O–H groups in total. The van der Waals surface area contributed by atoms with Crippen LogP contribution >= 0.6 is 33.9 Å². The first-order valence-electron chi connectivity index (χ1n) is 10.7. The maximum Gasteiger partial charge on any atom is 0.350 e. The molecule has 1 atom stereocenters. The fourth-order valence-electron chi connectivity index (χ4n) is 3.79. The van der Waals surface area contributed by atoms with Crippen molar-refractivity contribution < 1.29 is 29.0 Å². The van der Waals surface area contributed by atoms with Gasteiger partial charge in [0.1, 0.15) is 23.0 Å². The van der Waals surface area contributed by atoms with E-state index in [1.807, 2.05) is 12.1 Å². The minimum atomic E-state index is -0.962. The average molecular weight is 616 g/mol. The molecule has 1 aliphatic rings. The van der Waals surface area contributed by atoms with Crippen LogP contribution in [-0.2, 0) is 14.3 Å². The second-order valence-electron chi connectivity index (χ2n) is 7.75. The number of Topliss-reactive ketones (excluding diaryl/α,β-unsaturated/α-hetero) is 1. The van der Waals surface area contributed by atoms with Gasteiger partial charge in [0, 0.05) is 9.13 Å². The lowest BCUT2D eigenvalue weighted by molar-refractivity contribution is -0.132. The number of nitrogens with zero attached hydrogens (tertiary/aromatic N) is 2. The molecule has 2 aromatic carbocycles. The maximum atomic E-state index is 13.3. The Bertz CT molecular complexity index is 1400. The predicted molar refractivity (Wildman–Crippen MR) is 144 cm³/mol. The third-order valence-corrected chi connectivity index (χ3v) is 7.34. The molecule has 0 saturated carbocycles. The highest BCUT2D eigenvalue weighted by atomic mass is 127. The Morgan fingerprint density at radius 3 is 2.64 bits per heavy atom. The second-order valence-corrected chi connectivity index (χ2v) is 9.97. The second kappa shape index (κ2) is 10.6. The fraction of sp³-hybridized carbons (Fsp3) is 0.154. The topological polar surface area (TPSA) is 106 Å². The van der Waals surface area contributed by atoms with Gasteiger partial charge >= 0.3 is 11.9 Å². The van der Waals surface area contributed by atoms with Crippen LogP contribution in [-0.4, -0.2) is 41.5 Å². The minimum Gasteiger partial charge on any atom is -0.507 e. The van der Waals surface area contributed by atoms with Crippen molar-refractivity contribution in [2.75, 3.05) is 18.6 Å². The summed E-state index contributed by atoms with van der Waals surface area (Å²) < 4.78 is 11.3. The van der Waals surface area contributed by atoms with E-state index >= 15 is 0 Å². The number of halogens is 1. The van der Waals surface area contributed by atoms with Crippen LogP contribution in [0.5, 0.6) is 5.75 Å². The van der Waals surface area contributed by atoms with Crippen molar-refractivity contribution in [3.8, 4) is 5.75 Å². The highest BCUT2D eigenvalue weighted by Crippen LogP contribution is 2.44. The van der Waals surface area contributed by atoms with Crippen LogP contribution in [0.3, 0.4) is 0 Å². The number of benzene rings is 2. The zero-order valence-corrected chi connectivity index (χ0v) is 22.3. The molecular weight excluding hydrogens is 595 g/mol. The molecule has 1 amide bonds. The Kier molecular flexibility index (Phi) is 7.55. The van der Waals surface area contributed by atoms with E-state index in [1.54, 1.807) is 43.3 Å². The van der Waals surface area contributed by atoms with Gasteiger partial charge in [-0.2, -0.15) is 0 Å². The van der Waals surface area contributed by atoms with Crippen molar-refractivity contribution in [1.29, 1.82) is 0 Å². The van der Waals surface area contributed by atoms with Crippen LogP contribution in [0.1, 0.15) is 32.5 Å². The average Bonchev–Trinajstić information content (AvgIpc) is 3.39. The first-order valence-corrected chi connectivity index (χ1v) is 12.6. The van der Waals surface area contributed by atoms with Gasteiger partial charge < -0.3 is 14.6 Å². The van der Waals surface area contributed by atoms with E-state index in [4.69, 9.17) is 9.47 Å². The number of ether oxygens (including phenoxy) is 2. The predicted octanol–water partition coefficient (Wildman–Crippen LogP) is 5.03. The van der Waals surface area contributed by atoms with Crippen LogP contribution in [0.2, 0.25) is 0 Å². The summed E-state index contributed by atoms with van der Waals surface area (Å²) >= 11 is 3.10. The third-order valence-electron chi connectivity index (χ3n) is 5.48. The summed E-state index contributed by atoms with van der Waals surface area (Å²) in [4.78, 5) is 45.0. The molecule has 0 radical (unpaired) electrons. The number of aromatic nitrogens is 1. The van der Waals surface area contributed by atoms with Crippen molar-refractivity contribution in [2.24, 2.45) is 0 Å². The summed E-state index contributed by atoms with van der Waals surface area (Å²) in [6, 6.07) is 12.9. The molecule has 3 aromatic rings. The Morgan fingerprint density at radius 2 is 1.97 bits per heavy atom. The summed E-state index contributed by atoms with van der Waals surface area (Å²) in [5.74, 6) is -2.17. The number of aryl methyl sites for hydroxylation is 1. The number of amides is 1. The van der Waals surface area contributed by atoms with E-state index in [0.717, 1.165) is 14.9 Å². The molecule has 1 saturated heterocycles. The van der Waals surface area contributed by atoms with Gasteiger partial charge in [0.15, 0.2) is 5.13 Å². The lowest BCUT2D eigenvalue weighted by Crippen LogP contribution is -2.29. The molecule has 2 heterocycles. The van der Waals surface area contributed by atoms with Crippen LogP contribution in [0.25, 0.3) is 5.76 Å². The molecule has 184 valence electrons. The molecule has 4 rings (SSSR count). The van der Waals surface area contributed by atoms with Gasteiger partial charge in [0.2, 0.25) is 0 Å². The summed E-state index contributed by atoms with van der Waals surface area (Å²) in [5, 5.41) is 11.4. The highest BCUT2D eigenvalue weighted by molar-refractivity contribution is 14.1. The van der Waals surface area contributed by atoms with Gasteiger partial charge in [0.05, 0.1) is 24.4 Å². The molecule has 8 nitrogen and oxygen atoms in total. The molecule has 0 spiro atoms. The number of aliphatic hydroxyl groups is 1. The van der Waals surface area contributed by atoms with E-state index in [1.165, 1.54) is 18.1 Å². The van der Waals surface area contributed by atoms with Gasteiger partial charge in [-0.1, -0.05) is 48.3 Å². The SMILES string of the molecule is C=CCOC(=O)c1sc(N2C(=O)C(=O)C(=C(O)c3cccc(OC)c3)C2c2ccc(I)cc2)nc1C. The molecule has 0 aliphatic carbocycles. The number of carbonyl (C=O) groups excluding carboxylic acids is 3. The number of ketones is 1. The highest BCUT2D eigenvalue weighted by Gasteiger charge is 2.48. The summed E-state index contributed by atoms with van der Waals surface area (Å²) in [7, 11) is 1.49. The molecule has 1 unspecified atom stereocenters. The monoisotopic (exact) mass is 616 g/mol. The van der Waals surface area contributed by atoms with Gasteiger partial charge in [0.25, 0.3) is 5.78 Å². The van der Waals surface area contributed by atoms with Crippen molar-refractivity contribution >= 4 is 62.5 Å². The molecule has 1 aliphatic heterocycles. The van der Waals surface area contributed by atoms with Crippen LogP contribution < -0.4 is 9.64 Å². The van der Waals surface area contributed by atoms with Gasteiger partial charge in [-0.3, -0.25) is 14.5 Å². The Morgan fingerprint density at radius 1 is 1.25 bits per heavy atom. The molecular formula is C26H21IN2O6S. The number of anilines is 1. The van der Waals surface area contributed by atoms with E-state index in [9.17, 15) is 19.5 Å². The zero-order valence-electron chi connectivity index (χ0n) is 19.4. The summed E-state index contributed by atoms with van der Waals surface area (Å²) in [6.45, 7) is 5.18.